The Bertz CT molecular complexity index is 990. The lowest BCUT2D eigenvalue weighted by Gasteiger charge is -2.58. The number of methoxy groups -OCH3 is 1. The van der Waals surface area contributed by atoms with Crippen LogP contribution in [0.2, 0.25) is 0 Å². The number of hydrogen-bond acceptors (Lipinski definition) is 4. The average Bonchev–Trinajstić information content (AvgIpc) is 2.92. The molecule has 2 unspecified atom stereocenters. The maximum atomic E-state index is 13.5. The number of halogens is 1. The molecule has 0 bridgehead atoms. The number of likely N-dealkylation sites (N-methyl/N-ethyl adjacent to an activating group) is 1. The van der Waals surface area contributed by atoms with Crippen LogP contribution in [0.5, 0.6) is 0 Å². The molecule has 4 rings (SSSR count). The largest absolute Gasteiger partial charge is 0.468 e. The molecule has 0 N–H and O–H groups in total. The van der Waals surface area contributed by atoms with Gasteiger partial charge in [-0.3, -0.25) is 19.3 Å². The third kappa shape index (κ3) is 1.87. The van der Waals surface area contributed by atoms with Gasteiger partial charge in [0.05, 0.1) is 7.11 Å². The predicted molar refractivity (Wildman–Crippen MR) is 103 cm³/mol. The number of β-lactam (4-membered cyclic amide) rings is 1. The molecule has 138 valence electrons. The number of ether oxygens (including phenoxy) is 1. The first-order chi connectivity index (χ1) is 12.8. The molecule has 2 heterocycles. The Balaban J connectivity index is 2.03. The molecule has 0 aromatic heterocycles. The molecule has 0 aliphatic carbocycles. The van der Waals surface area contributed by atoms with Crippen molar-refractivity contribution >= 4 is 45.1 Å². The summed E-state index contributed by atoms with van der Waals surface area (Å²) in [5, 5.41) is 0. The van der Waals surface area contributed by atoms with Gasteiger partial charge in [-0.1, -0.05) is 34.1 Å². The van der Waals surface area contributed by atoms with E-state index in [1.807, 2.05) is 12.1 Å². The molecular weight excluding hydrogens is 412 g/mol. The first-order valence-corrected chi connectivity index (χ1v) is 9.17. The first kappa shape index (κ1) is 17.7. The van der Waals surface area contributed by atoms with Crippen LogP contribution in [-0.4, -0.2) is 31.9 Å². The topological polar surface area (TPSA) is 66.9 Å². The van der Waals surface area contributed by atoms with E-state index in [0.29, 0.717) is 16.9 Å². The van der Waals surface area contributed by atoms with Crippen LogP contribution in [-0.2, 0) is 24.7 Å². The number of anilines is 2. The molecule has 2 atom stereocenters. The van der Waals surface area contributed by atoms with Crippen molar-refractivity contribution in [2.45, 2.75) is 12.5 Å². The van der Waals surface area contributed by atoms with Gasteiger partial charge in [-0.15, -0.1) is 0 Å². The number of rotatable bonds is 2. The number of benzene rings is 2. The summed E-state index contributed by atoms with van der Waals surface area (Å²) in [6.07, 6.45) is 0. The third-order valence-electron chi connectivity index (χ3n) is 5.64. The van der Waals surface area contributed by atoms with E-state index in [4.69, 9.17) is 4.74 Å². The summed E-state index contributed by atoms with van der Waals surface area (Å²) in [5.41, 5.74) is -1.29. The van der Waals surface area contributed by atoms with Crippen LogP contribution in [0.3, 0.4) is 0 Å². The number of amides is 2. The molecule has 27 heavy (non-hydrogen) atoms. The second-order valence-corrected chi connectivity index (χ2v) is 7.74. The van der Waals surface area contributed by atoms with E-state index < -0.39 is 22.8 Å². The number of para-hydroxylation sites is 1. The molecule has 0 saturated carbocycles. The van der Waals surface area contributed by atoms with Crippen LogP contribution in [0.4, 0.5) is 11.4 Å². The van der Waals surface area contributed by atoms with Crippen LogP contribution in [0.1, 0.15) is 12.5 Å². The molecule has 1 spiro atoms. The number of nitrogens with zero attached hydrogens (tertiary/aromatic N) is 2. The number of hydrogen-bond donors (Lipinski definition) is 0. The molecule has 2 aliphatic heterocycles. The quantitative estimate of drug-likeness (QED) is 0.419. The zero-order valence-corrected chi connectivity index (χ0v) is 16.6. The maximum Gasteiger partial charge on any atom is 0.324 e. The fourth-order valence-corrected chi connectivity index (χ4v) is 4.54. The highest BCUT2D eigenvalue weighted by molar-refractivity contribution is 9.10. The molecule has 2 aromatic carbocycles. The lowest BCUT2D eigenvalue weighted by molar-refractivity contribution is -0.175. The zero-order chi connectivity index (χ0) is 19.6. The summed E-state index contributed by atoms with van der Waals surface area (Å²) < 4.78 is 5.80. The standard InChI is InChI=1S/C20H17BrN2O4/c1-19(18(26)27-3)16(24)23(13-10-8-12(21)9-11-13)20(19)14-6-4-5-7-15(14)22(2)17(20)25/h4-11H,1-3H3. The van der Waals surface area contributed by atoms with Crippen LogP contribution >= 0.6 is 15.9 Å². The lowest BCUT2D eigenvalue weighted by Crippen LogP contribution is -2.80. The first-order valence-electron chi connectivity index (χ1n) is 8.38. The predicted octanol–water partition coefficient (Wildman–Crippen LogP) is 2.85. The van der Waals surface area contributed by atoms with Crippen molar-refractivity contribution in [3.05, 3.63) is 58.6 Å². The summed E-state index contributed by atoms with van der Waals surface area (Å²) in [6, 6.07) is 14.3. The van der Waals surface area contributed by atoms with E-state index in [-0.39, 0.29) is 5.91 Å². The Kier molecular flexibility index (Phi) is 3.72. The minimum Gasteiger partial charge on any atom is -0.468 e. The van der Waals surface area contributed by atoms with Gasteiger partial charge in [0.15, 0.2) is 11.0 Å². The SMILES string of the molecule is COC(=O)C1(C)C(=O)N(c2ccc(Br)cc2)C12C(=O)N(C)c1ccccc12. The Morgan fingerprint density at radius 3 is 2.30 bits per heavy atom. The Morgan fingerprint density at radius 2 is 1.67 bits per heavy atom. The molecule has 2 aromatic rings. The average molecular weight is 429 g/mol. The van der Waals surface area contributed by atoms with Gasteiger partial charge in [0.2, 0.25) is 5.91 Å². The van der Waals surface area contributed by atoms with Gasteiger partial charge in [0, 0.05) is 28.5 Å². The molecule has 7 heteroatoms. The number of esters is 1. The summed E-state index contributed by atoms with van der Waals surface area (Å²) in [7, 11) is 2.88. The Morgan fingerprint density at radius 1 is 1.04 bits per heavy atom. The van der Waals surface area contributed by atoms with Gasteiger partial charge in [-0.05, 0) is 37.3 Å². The number of carbonyl (C=O) groups excluding carboxylic acids is 3. The zero-order valence-electron chi connectivity index (χ0n) is 15.0. The molecule has 0 radical (unpaired) electrons. The third-order valence-corrected chi connectivity index (χ3v) is 6.17. The summed E-state index contributed by atoms with van der Waals surface area (Å²) >= 11 is 3.38. The summed E-state index contributed by atoms with van der Waals surface area (Å²) in [4.78, 5) is 42.4. The van der Waals surface area contributed by atoms with Gasteiger partial charge in [-0.25, -0.2) is 0 Å². The second kappa shape index (κ2) is 5.66. The normalized spacial score (nSPS) is 26.2. The molecule has 1 fully saturated rings. The van der Waals surface area contributed by atoms with Crippen molar-refractivity contribution < 1.29 is 19.1 Å². The van der Waals surface area contributed by atoms with Crippen molar-refractivity contribution in [2.75, 3.05) is 24.0 Å². The molecular formula is C20H17BrN2O4. The van der Waals surface area contributed by atoms with Crippen molar-refractivity contribution in [1.29, 1.82) is 0 Å². The van der Waals surface area contributed by atoms with Crippen molar-refractivity contribution in [3.63, 3.8) is 0 Å². The summed E-state index contributed by atoms with van der Waals surface area (Å²) in [5.74, 6) is -1.52. The fourth-order valence-electron chi connectivity index (χ4n) is 4.28. The van der Waals surface area contributed by atoms with E-state index in [9.17, 15) is 14.4 Å². The van der Waals surface area contributed by atoms with E-state index in [1.54, 1.807) is 43.4 Å². The van der Waals surface area contributed by atoms with Crippen molar-refractivity contribution in [2.24, 2.45) is 5.41 Å². The monoisotopic (exact) mass is 428 g/mol. The maximum absolute atomic E-state index is 13.5. The van der Waals surface area contributed by atoms with Crippen LogP contribution in [0, 0.1) is 5.41 Å². The molecule has 2 aliphatic rings. The molecule has 6 nitrogen and oxygen atoms in total. The van der Waals surface area contributed by atoms with E-state index in [2.05, 4.69) is 15.9 Å². The van der Waals surface area contributed by atoms with E-state index in [0.717, 1.165) is 4.47 Å². The lowest BCUT2D eigenvalue weighted by atomic mass is 9.58. The van der Waals surface area contributed by atoms with Gasteiger partial charge in [-0.2, -0.15) is 0 Å². The molecule has 2 amide bonds. The van der Waals surface area contributed by atoms with Crippen molar-refractivity contribution in [1.82, 2.24) is 0 Å². The van der Waals surface area contributed by atoms with Crippen molar-refractivity contribution in [3.8, 4) is 0 Å². The minimum absolute atomic E-state index is 0.334. The van der Waals surface area contributed by atoms with Crippen LogP contribution in [0.15, 0.2) is 53.0 Å². The highest BCUT2D eigenvalue weighted by Crippen LogP contribution is 2.62. The highest BCUT2D eigenvalue weighted by atomic mass is 79.9. The van der Waals surface area contributed by atoms with Crippen LogP contribution in [0.25, 0.3) is 0 Å². The molecule has 1 saturated heterocycles. The minimum atomic E-state index is -1.65. The second-order valence-electron chi connectivity index (χ2n) is 6.83. The van der Waals surface area contributed by atoms with E-state index >= 15 is 0 Å². The smallest absolute Gasteiger partial charge is 0.324 e. The Labute approximate surface area is 164 Å². The van der Waals surface area contributed by atoms with Gasteiger partial charge >= 0.3 is 5.97 Å². The van der Waals surface area contributed by atoms with Gasteiger partial charge in [0.25, 0.3) is 5.91 Å². The summed E-state index contributed by atoms with van der Waals surface area (Å²) in [6.45, 7) is 1.49. The van der Waals surface area contributed by atoms with Crippen LogP contribution < -0.4 is 9.80 Å². The van der Waals surface area contributed by atoms with Gasteiger partial charge in [0.1, 0.15) is 0 Å². The number of fused-ring (bicyclic) bond motifs is 2. The fraction of sp³-hybridized carbons (Fsp3) is 0.250. The van der Waals surface area contributed by atoms with E-state index in [1.165, 1.54) is 23.8 Å². The highest BCUT2D eigenvalue weighted by Gasteiger charge is 2.81. The number of carbonyl (C=O) groups is 3. The Hall–Kier alpha value is -2.67. The van der Waals surface area contributed by atoms with Gasteiger partial charge < -0.3 is 9.64 Å².